The van der Waals surface area contributed by atoms with Crippen LogP contribution < -0.4 is 5.32 Å². The molecule has 1 aliphatic heterocycles. The molecule has 1 amide bonds. The van der Waals surface area contributed by atoms with Crippen molar-refractivity contribution in [1.82, 2.24) is 5.32 Å². The average Bonchev–Trinajstić information content (AvgIpc) is 3.01. The monoisotopic (exact) mass is 359 g/mol. The summed E-state index contributed by atoms with van der Waals surface area (Å²) in [4.78, 5) is 11.5. The van der Waals surface area contributed by atoms with E-state index in [0.717, 1.165) is 0 Å². The Morgan fingerprint density at radius 2 is 1.75 bits per heavy atom. The first-order chi connectivity index (χ1) is 11.6. The van der Waals surface area contributed by atoms with E-state index in [1.165, 1.54) is 24.0 Å². The summed E-state index contributed by atoms with van der Waals surface area (Å²) in [5.74, 6) is 0.189. The van der Waals surface area contributed by atoms with Gasteiger partial charge in [-0.15, -0.1) is 5.10 Å². The lowest BCUT2D eigenvalue weighted by molar-refractivity contribution is -0.116. The molecular formula is C16H13N3O3S2. The summed E-state index contributed by atoms with van der Waals surface area (Å²) in [6, 6.07) is 14.8. The highest BCUT2D eigenvalue weighted by molar-refractivity contribution is 8.15. The van der Waals surface area contributed by atoms with Gasteiger partial charge in [0.05, 0.1) is 21.8 Å². The fourth-order valence-electron chi connectivity index (χ4n) is 2.08. The van der Waals surface area contributed by atoms with Crippen LogP contribution in [-0.2, 0) is 14.6 Å². The summed E-state index contributed by atoms with van der Waals surface area (Å²) in [6.45, 7) is 0. The highest BCUT2D eigenvalue weighted by Gasteiger charge is 2.20. The quantitative estimate of drug-likeness (QED) is 0.669. The first-order valence-electron chi connectivity index (χ1n) is 7.00. The average molecular weight is 359 g/mol. The molecule has 8 heteroatoms. The second-order valence-corrected chi connectivity index (χ2v) is 7.72. The Hall–Kier alpha value is -2.45. The van der Waals surface area contributed by atoms with Gasteiger partial charge in [0.25, 0.3) is 0 Å². The molecule has 0 atom stereocenters. The normalized spacial score (nSPS) is 16.7. The van der Waals surface area contributed by atoms with E-state index in [9.17, 15) is 13.2 Å². The predicted octanol–water partition coefficient (Wildman–Crippen LogP) is 2.07. The maximum absolute atomic E-state index is 12.8. The summed E-state index contributed by atoms with van der Waals surface area (Å²) in [5.41, 5.74) is 0.431. The third-order valence-electron chi connectivity index (χ3n) is 3.19. The molecule has 0 aromatic heterocycles. The zero-order valence-corrected chi connectivity index (χ0v) is 14.0. The fourth-order valence-corrected chi connectivity index (χ4v) is 4.17. The molecule has 2 aromatic carbocycles. The van der Waals surface area contributed by atoms with Crippen LogP contribution in [0.5, 0.6) is 0 Å². The van der Waals surface area contributed by atoms with Crippen LogP contribution in [0.25, 0.3) is 0 Å². The second kappa shape index (κ2) is 6.98. The molecule has 1 N–H and O–H groups in total. The standard InChI is InChI=1S/C16H13N3O3S2/c20-15-11-23-16(18-15)19-17-10-12-6-4-5-9-14(12)24(21,22)13-7-2-1-3-8-13/h1-10H,11H2,(H,18,19,20). The number of benzene rings is 2. The van der Waals surface area contributed by atoms with Gasteiger partial charge in [-0.25, -0.2) is 8.42 Å². The van der Waals surface area contributed by atoms with Crippen LogP contribution in [0.2, 0.25) is 0 Å². The summed E-state index contributed by atoms with van der Waals surface area (Å²) >= 11 is 1.25. The molecule has 2 aromatic rings. The van der Waals surface area contributed by atoms with Crippen LogP contribution in [-0.4, -0.2) is 31.5 Å². The predicted molar refractivity (Wildman–Crippen MR) is 94.0 cm³/mol. The Labute approximate surface area is 143 Å². The third-order valence-corrected chi connectivity index (χ3v) is 5.90. The lowest BCUT2D eigenvalue weighted by atomic mass is 10.2. The van der Waals surface area contributed by atoms with Gasteiger partial charge in [-0.3, -0.25) is 4.79 Å². The minimum absolute atomic E-state index is 0.124. The number of nitrogens with zero attached hydrogens (tertiary/aromatic N) is 2. The Bertz CT molecular complexity index is 923. The minimum Gasteiger partial charge on any atom is -0.303 e. The van der Waals surface area contributed by atoms with Crippen molar-refractivity contribution in [3.63, 3.8) is 0 Å². The summed E-state index contributed by atoms with van der Waals surface area (Å²) < 4.78 is 25.5. The van der Waals surface area contributed by atoms with Crippen LogP contribution in [0, 0.1) is 0 Å². The molecule has 0 aliphatic carbocycles. The number of carbonyl (C=O) groups is 1. The number of amides is 1. The number of nitrogens with one attached hydrogen (secondary N) is 1. The van der Waals surface area contributed by atoms with E-state index in [0.29, 0.717) is 16.5 Å². The van der Waals surface area contributed by atoms with Crippen LogP contribution in [0.1, 0.15) is 5.56 Å². The van der Waals surface area contributed by atoms with Crippen molar-refractivity contribution in [1.29, 1.82) is 0 Å². The van der Waals surface area contributed by atoms with Gasteiger partial charge >= 0.3 is 0 Å². The van der Waals surface area contributed by atoms with Gasteiger partial charge in [0.15, 0.2) is 5.17 Å². The summed E-state index contributed by atoms with van der Waals surface area (Å²) in [5, 5.41) is 10.7. The van der Waals surface area contributed by atoms with Crippen molar-refractivity contribution in [2.75, 3.05) is 5.75 Å². The molecule has 1 saturated heterocycles. The molecule has 0 radical (unpaired) electrons. The van der Waals surface area contributed by atoms with Crippen LogP contribution in [0.4, 0.5) is 0 Å². The van der Waals surface area contributed by atoms with Gasteiger partial charge in [-0.1, -0.05) is 48.2 Å². The number of thioether (sulfide) groups is 1. The van der Waals surface area contributed by atoms with Gasteiger partial charge in [0, 0.05) is 5.56 Å². The zero-order chi connectivity index (χ0) is 17.0. The first-order valence-corrected chi connectivity index (χ1v) is 9.47. The Kier molecular flexibility index (Phi) is 4.77. The number of rotatable bonds is 4. The van der Waals surface area contributed by atoms with Gasteiger partial charge in [-0.05, 0) is 18.2 Å². The second-order valence-electron chi connectivity index (χ2n) is 4.84. The molecule has 1 fully saturated rings. The van der Waals surface area contributed by atoms with E-state index in [-0.39, 0.29) is 15.7 Å². The Balaban J connectivity index is 1.93. The molecule has 0 unspecified atom stereocenters. The SMILES string of the molecule is O=C1CSC(=NN=Cc2ccccc2S(=O)(=O)c2ccccc2)N1. The molecule has 6 nitrogen and oxygen atoms in total. The molecule has 1 heterocycles. The molecule has 24 heavy (non-hydrogen) atoms. The lowest BCUT2D eigenvalue weighted by Crippen LogP contribution is -2.19. The van der Waals surface area contributed by atoms with E-state index >= 15 is 0 Å². The molecule has 0 spiro atoms. The zero-order valence-electron chi connectivity index (χ0n) is 12.4. The van der Waals surface area contributed by atoms with Gasteiger partial charge in [-0.2, -0.15) is 5.10 Å². The Morgan fingerprint density at radius 3 is 2.46 bits per heavy atom. The van der Waals surface area contributed by atoms with Crippen molar-refractivity contribution in [2.24, 2.45) is 10.2 Å². The minimum atomic E-state index is -3.64. The number of hydrogen-bond acceptors (Lipinski definition) is 6. The van der Waals surface area contributed by atoms with Gasteiger partial charge in [0.2, 0.25) is 15.7 Å². The lowest BCUT2D eigenvalue weighted by Gasteiger charge is -2.07. The van der Waals surface area contributed by atoms with Crippen molar-refractivity contribution >= 4 is 38.9 Å². The number of sulfone groups is 1. The van der Waals surface area contributed by atoms with Crippen LogP contribution >= 0.6 is 11.8 Å². The van der Waals surface area contributed by atoms with Crippen LogP contribution in [0.15, 0.2) is 74.6 Å². The first kappa shape index (κ1) is 16.4. The fraction of sp³-hybridized carbons (Fsp3) is 0.0625. The largest absolute Gasteiger partial charge is 0.303 e. The molecule has 0 saturated carbocycles. The van der Waals surface area contributed by atoms with E-state index in [1.54, 1.807) is 48.5 Å². The molecule has 0 bridgehead atoms. The number of amidine groups is 1. The molecule has 122 valence electrons. The van der Waals surface area contributed by atoms with Crippen molar-refractivity contribution in [3.8, 4) is 0 Å². The van der Waals surface area contributed by atoms with Crippen molar-refractivity contribution in [2.45, 2.75) is 9.79 Å². The van der Waals surface area contributed by atoms with E-state index in [4.69, 9.17) is 0 Å². The van der Waals surface area contributed by atoms with E-state index in [1.807, 2.05) is 0 Å². The third kappa shape index (κ3) is 3.55. The summed E-state index contributed by atoms with van der Waals surface area (Å²) in [6.07, 6.45) is 1.37. The maximum Gasteiger partial charge on any atom is 0.236 e. The topological polar surface area (TPSA) is 88.0 Å². The summed E-state index contributed by atoms with van der Waals surface area (Å²) in [7, 11) is -3.64. The smallest absolute Gasteiger partial charge is 0.236 e. The number of hydrogen-bond donors (Lipinski definition) is 1. The van der Waals surface area contributed by atoms with E-state index < -0.39 is 9.84 Å². The highest BCUT2D eigenvalue weighted by atomic mass is 32.2. The Morgan fingerprint density at radius 1 is 1.04 bits per heavy atom. The van der Waals surface area contributed by atoms with Crippen molar-refractivity contribution < 1.29 is 13.2 Å². The van der Waals surface area contributed by atoms with Crippen LogP contribution in [0.3, 0.4) is 0 Å². The van der Waals surface area contributed by atoms with Crippen molar-refractivity contribution in [3.05, 3.63) is 60.2 Å². The molecule has 1 aliphatic rings. The number of carbonyl (C=O) groups excluding carboxylic acids is 1. The van der Waals surface area contributed by atoms with Gasteiger partial charge < -0.3 is 5.32 Å². The van der Waals surface area contributed by atoms with E-state index in [2.05, 4.69) is 15.5 Å². The molecular weight excluding hydrogens is 346 g/mol. The highest BCUT2D eigenvalue weighted by Crippen LogP contribution is 2.23. The van der Waals surface area contributed by atoms with Gasteiger partial charge in [0.1, 0.15) is 0 Å². The molecule has 3 rings (SSSR count). The maximum atomic E-state index is 12.8.